The van der Waals surface area contributed by atoms with E-state index >= 15 is 0 Å². The van der Waals surface area contributed by atoms with Gasteiger partial charge in [-0.3, -0.25) is 9.69 Å². The van der Waals surface area contributed by atoms with Gasteiger partial charge >= 0.3 is 0 Å². The van der Waals surface area contributed by atoms with Gasteiger partial charge in [-0.2, -0.15) is 0 Å². The summed E-state index contributed by atoms with van der Waals surface area (Å²) in [6, 6.07) is 25.7. The van der Waals surface area contributed by atoms with E-state index in [0.717, 1.165) is 23.2 Å². The summed E-state index contributed by atoms with van der Waals surface area (Å²) in [5.41, 5.74) is 5.20. The zero-order valence-electron chi connectivity index (χ0n) is 17.4. The summed E-state index contributed by atoms with van der Waals surface area (Å²) in [5, 5.41) is 0.655. The van der Waals surface area contributed by atoms with Crippen molar-refractivity contribution in [2.45, 2.75) is 13.5 Å². The number of rotatable bonds is 8. The van der Waals surface area contributed by atoms with Gasteiger partial charge in [-0.05, 0) is 54.4 Å². The molecule has 0 saturated heterocycles. The second-order valence-electron chi connectivity index (χ2n) is 7.58. The van der Waals surface area contributed by atoms with Crippen molar-refractivity contribution < 1.29 is 4.79 Å². The van der Waals surface area contributed by atoms with Gasteiger partial charge in [0.15, 0.2) is 5.78 Å². The molecule has 0 bridgehead atoms. The van der Waals surface area contributed by atoms with Crippen molar-refractivity contribution in [3.05, 3.63) is 118 Å². The van der Waals surface area contributed by atoms with Crippen LogP contribution in [-0.4, -0.2) is 24.3 Å². The summed E-state index contributed by atoms with van der Waals surface area (Å²) >= 11 is 6.23. The van der Waals surface area contributed by atoms with Crippen LogP contribution in [0.25, 0.3) is 11.6 Å². The van der Waals surface area contributed by atoms with Crippen LogP contribution in [0.5, 0.6) is 0 Å². The predicted octanol–water partition coefficient (Wildman–Crippen LogP) is 6.45. The zero-order valence-corrected chi connectivity index (χ0v) is 18.2. The number of Topliss-reactive ketones (excluding diaryl/α,β-unsaturated/α-hetero) is 1. The quantitative estimate of drug-likeness (QED) is 0.311. The first kappa shape index (κ1) is 21.8. The average molecular weight is 416 g/mol. The van der Waals surface area contributed by atoms with E-state index in [-0.39, 0.29) is 5.78 Å². The molecule has 0 spiro atoms. The number of carbonyl (C=O) groups excluding carboxylic acids is 1. The highest BCUT2D eigenvalue weighted by Crippen LogP contribution is 2.24. The fourth-order valence-electron chi connectivity index (χ4n) is 3.45. The number of aryl methyl sites for hydroxylation is 1. The molecule has 0 aromatic heterocycles. The molecule has 30 heavy (non-hydrogen) atoms. The molecule has 0 aliphatic carbocycles. The van der Waals surface area contributed by atoms with Crippen LogP contribution in [0, 0.1) is 6.92 Å². The highest BCUT2D eigenvalue weighted by atomic mass is 35.5. The Kier molecular flexibility index (Phi) is 7.40. The van der Waals surface area contributed by atoms with Crippen LogP contribution in [0.1, 0.15) is 22.3 Å². The lowest BCUT2D eigenvalue weighted by atomic mass is 9.94. The number of halogens is 1. The Bertz CT molecular complexity index is 1030. The van der Waals surface area contributed by atoms with E-state index < -0.39 is 0 Å². The second-order valence-corrected chi connectivity index (χ2v) is 8.01. The molecule has 3 heteroatoms. The number of ketones is 1. The van der Waals surface area contributed by atoms with Gasteiger partial charge in [0, 0.05) is 29.3 Å². The Labute approximate surface area is 184 Å². The average Bonchev–Trinajstić information content (AvgIpc) is 2.72. The lowest BCUT2D eigenvalue weighted by Crippen LogP contribution is -2.23. The van der Waals surface area contributed by atoms with Gasteiger partial charge in [0.2, 0.25) is 0 Å². The lowest BCUT2D eigenvalue weighted by Gasteiger charge is -2.18. The third-order valence-corrected chi connectivity index (χ3v) is 5.00. The lowest BCUT2D eigenvalue weighted by molar-refractivity contribution is -0.110. The highest BCUT2D eigenvalue weighted by Gasteiger charge is 2.17. The summed E-state index contributed by atoms with van der Waals surface area (Å²) in [4.78, 5) is 15.5. The Morgan fingerprint density at radius 3 is 2.27 bits per heavy atom. The smallest absolute Gasteiger partial charge is 0.190 e. The van der Waals surface area contributed by atoms with Gasteiger partial charge < -0.3 is 0 Å². The van der Waals surface area contributed by atoms with E-state index in [0.29, 0.717) is 22.7 Å². The Morgan fingerprint density at radius 1 is 1.00 bits per heavy atom. The van der Waals surface area contributed by atoms with Crippen LogP contribution in [0.4, 0.5) is 0 Å². The summed E-state index contributed by atoms with van der Waals surface area (Å²) in [7, 11) is 2.00. The van der Waals surface area contributed by atoms with Crippen molar-refractivity contribution in [3.8, 4) is 0 Å². The van der Waals surface area contributed by atoms with Crippen LogP contribution in [0.15, 0.2) is 91.0 Å². The van der Waals surface area contributed by atoms with Crippen LogP contribution >= 0.6 is 11.6 Å². The van der Waals surface area contributed by atoms with Gasteiger partial charge in [-0.15, -0.1) is 0 Å². The largest absolute Gasteiger partial charge is 0.298 e. The fraction of sp³-hybridized carbons (Fsp3) is 0.148. The summed E-state index contributed by atoms with van der Waals surface area (Å²) in [6.45, 7) is 7.34. The third kappa shape index (κ3) is 6.03. The standard InChI is InChI=1S/C27H26ClNO/c1-20-14-23(16-25(28)15-20)17-26(24-12-8-5-9-13-24)27(30)21(2)18-29(3)19-22-10-6-4-7-11-22/h4-17H,2,18-19H2,1,3H3/b26-17+. The van der Waals surface area contributed by atoms with E-state index in [9.17, 15) is 4.79 Å². The third-order valence-electron chi connectivity index (χ3n) is 4.78. The maximum Gasteiger partial charge on any atom is 0.190 e. The predicted molar refractivity (Wildman–Crippen MR) is 127 cm³/mol. The van der Waals surface area contributed by atoms with Gasteiger partial charge in [-0.1, -0.05) is 84.9 Å². The van der Waals surface area contributed by atoms with Gasteiger partial charge in [0.05, 0.1) is 0 Å². The molecule has 0 N–H and O–H groups in total. The number of carbonyl (C=O) groups is 1. The van der Waals surface area contributed by atoms with Crippen molar-refractivity contribution in [2.24, 2.45) is 0 Å². The molecule has 0 atom stereocenters. The van der Waals surface area contributed by atoms with E-state index in [4.69, 9.17) is 11.6 Å². The fourth-order valence-corrected chi connectivity index (χ4v) is 3.75. The molecule has 2 nitrogen and oxygen atoms in total. The number of benzene rings is 3. The van der Waals surface area contributed by atoms with Gasteiger partial charge in [0.25, 0.3) is 0 Å². The molecule has 0 unspecified atom stereocenters. The minimum Gasteiger partial charge on any atom is -0.298 e. The molecular weight excluding hydrogens is 390 g/mol. The molecule has 0 amide bonds. The van der Waals surface area contributed by atoms with E-state index in [1.54, 1.807) is 0 Å². The van der Waals surface area contributed by atoms with Crippen molar-refractivity contribution in [3.63, 3.8) is 0 Å². The first-order valence-electron chi connectivity index (χ1n) is 9.91. The van der Waals surface area contributed by atoms with Crippen LogP contribution in [0.2, 0.25) is 5.02 Å². The molecule has 0 heterocycles. The Balaban J connectivity index is 1.85. The first-order chi connectivity index (χ1) is 14.4. The SMILES string of the molecule is C=C(CN(C)Cc1ccccc1)C(=O)/C(=C/c1cc(C)cc(Cl)c1)c1ccccc1. The summed E-state index contributed by atoms with van der Waals surface area (Å²) < 4.78 is 0. The molecule has 0 aliphatic heterocycles. The molecule has 152 valence electrons. The summed E-state index contributed by atoms with van der Waals surface area (Å²) in [5.74, 6) is -0.0567. The number of allylic oxidation sites excluding steroid dienone is 1. The highest BCUT2D eigenvalue weighted by molar-refractivity contribution is 6.33. The number of hydrogen-bond donors (Lipinski definition) is 0. The minimum absolute atomic E-state index is 0.0567. The maximum absolute atomic E-state index is 13.4. The molecule has 3 aromatic rings. The number of hydrogen-bond acceptors (Lipinski definition) is 2. The van der Waals surface area contributed by atoms with Crippen molar-refractivity contribution in [1.29, 1.82) is 0 Å². The minimum atomic E-state index is -0.0567. The van der Waals surface area contributed by atoms with E-state index in [1.807, 2.05) is 86.8 Å². The maximum atomic E-state index is 13.4. The second kappa shape index (κ2) is 10.2. The van der Waals surface area contributed by atoms with Gasteiger partial charge in [0.1, 0.15) is 0 Å². The topological polar surface area (TPSA) is 20.3 Å². The molecule has 0 radical (unpaired) electrons. The first-order valence-corrected chi connectivity index (χ1v) is 10.3. The van der Waals surface area contributed by atoms with Gasteiger partial charge in [-0.25, -0.2) is 0 Å². The van der Waals surface area contributed by atoms with Crippen molar-refractivity contribution in [1.82, 2.24) is 4.90 Å². The monoisotopic (exact) mass is 415 g/mol. The Hall–Kier alpha value is -2.94. The van der Waals surface area contributed by atoms with Crippen molar-refractivity contribution >= 4 is 29.0 Å². The molecule has 0 fully saturated rings. The number of likely N-dealkylation sites (N-methyl/N-ethyl adjacent to an activating group) is 1. The Morgan fingerprint density at radius 2 is 1.63 bits per heavy atom. The van der Waals surface area contributed by atoms with Crippen LogP contribution < -0.4 is 0 Å². The zero-order chi connectivity index (χ0) is 21.5. The molecule has 0 saturated carbocycles. The van der Waals surface area contributed by atoms with Crippen LogP contribution in [-0.2, 0) is 11.3 Å². The normalized spacial score (nSPS) is 11.5. The van der Waals surface area contributed by atoms with E-state index in [2.05, 4.69) is 23.6 Å². The molecular formula is C27H26ClNO. The van der Waals surface area contributed by atoms with Crippen molar-refractivity contribution in [2.75, 3.05) is 13.6 Å². The van der Waals surface area contributed by atoms with E-state index in [1.165, 1.54) is 5.56 Å². The summed E-state index contributed by atoms with van der Waals surface area (Å²) in [6.07, 6.45) is 1.90. The molecule has 3 aromatic carbocycles. The molecule has 0 aliphatic rings. The van der Waals surface area contributed by atoms with Crippen LogP contribution in [0.3, 0.4) is 0 Å². The molecule has 3 rings (SSSR count). The number of nitrogens with zero attached hydrogens (tertiary/aromatic N) is 1.